The second-order valence-electron chi connectivity index (χ2n) is 8.28. The summed E-state index contributed by atoms with van der Waals surface area (Å²) in [6, 6.07) is 15.6. The Morgan fingerprint density at radius 3 is 2.76 bits per heavy atom. The van der Waals surface area contributed by atoms with E-state index in [2.05, 4.69) is 20.9 Å². The topological polar surface area (TPSA) is 97.8 Å². The van der Waals surface area contributed by atoms with Gasteiger partial charge in [-0.05, 0) is 72.4 Å². The van der Waals surface area contributed by atoms with Crippen molar-refractivity contribution < 1.29 is 24.3 Å². The number of benzene rings is 2. The van der Waals surface area contributed by atoms with Crippen LogP contribution in [0.2, 0.25) is 0 Å². The number of aryl methyl sites for hydroxylation is 1. The molecule has 1 aromatic heterocycles. The Labute approximate surface area is 200 Å². The van der Waals surface area contributed by atoms with Gasteiger partial charge in [0.1, 0.15) is 12.4 Å². The highest BCUT2D eigenvalue weighted by Crippen LogP contribution is 2.56. The molecular formula is C25H25BrN2O5. The lowest BCUT2D eigenvalue weighted by molar-refractivity contribution is -0.152. The van der Waals surface area contributed by atoms with Crippen LogP contribution in [0.15, 0.2) is 53.0 Å². The van der Waals surface area contributed by atoms with E-state index in [1.54, 1.807) is 12.4 Å². The fraction of sp³-hybridized carbons (Fsp3) is 0.320. The molecule has 0 radical (unpaired) electrons. The first-order valence-electron chi connectivity index (χ1n) is 10.8. The Morgan fingerprint density at radius 2 is 2.03 bits per heavy atom. The number of hydrogen-bond donors (Lipinski definition) is 2. The number of nitrogens with zero attached hydrogens (tertiary/aromatic N) is 1. The van der Waals surface area contributed by atoms with Crippen LogP contribution in [0.3, 0.4) is 0 Å². The van der Waals surface area contributed by atoms with E-state index in [-0.39, 0.29) is 6.61 Å². The minimum absolute atomic E-state index is 0.230. The quantitative estimate of drug-likeness (QED) is 0.262. The number of pyridine rings is 1. The zero-order valence-electron chi connectivity index (χ0n) is 18.4. The lowest BCUT2D eigenvalue weighted by Crippen LogP contribution is -2.30. The molecule has 1 fully saturated rings. The summed E-state index contributed by atoms with van der Waals surface area (Å²) >= 11 is 3.57. The van der Waals surface area contributed by atoms with E-state index in [0.717, 1.165) is 32.2 Å². The Bertz CT molecular complexity index is 1210. The van der Waals surface area contributed by atoms with E-state index >= 15 is 0 Å². The maximum atomic E-state index is 12.6. The van der Waals surface area contributed by atoms with Crippen molar-refractivity contribution in [3.05, 3.63) is 69.8 Å². The number of hydrogen-bond acceptors (Lipinski definition) is 6. The summed E-state index contributed by atoms with van der Waals surface area (Å²) in [7, 11) is 0. The number of aromatic nitrogens is 1. The molecule has 172 valence electrons. The fourth-order valence-electron chi connectivity index (χ4n) is 4.30. The van der Waals surface area contributed by atoms with Crippen molar-refractivity contribution >= 4 is 38.7 Å². The van der Waals surface area contributed by atoms with Gasteiger partial charge in [-0.2, -0.15) is 0 Å². The molecule has 0 aliphatic heterocycles. The molecule has 0 bridgehead atoms. The van der Waals surface area contributed by atoms with Gasteiger partial charge in [0.2, 0.25) is 5.91 Å². The number of carbonyl (C=O) groups excluding carboxylic acids is 2. The minimum Gasteiger partial charge on any atom is -0.488 e. The van der Waals surface area contributed by atoms with Crippen molar-refractivity contribution in [3.8, 4) is 5.75 Å². The molecule has 1 unspecified atom stereocenters. The van der Waals surface area contributed by atoms with Crippen LogP contribution in [-0.4, -0.2) is 28.7 Å². The van der Waals surface area contributed by atoms with Crippen molar-refractivity contribution in [3.63, 3.8) is 0 Å². The molecule has 3 aromatic rings. The molecule has 0 saturated heterocycles. The van der Waals surface area contributed by atoms with Gasteiger partial charge < -0.3 is 9.47 Å². The molecular weight excluding hydrogens is 488 g/mol. The standard InChI is InChI=1S/C25H25BrN2O5/c1-3-32-24(30)25(13-19(25)23(29)28-31)12-16-8-9-22(20(26)11-16)33-14-17-10-15(2)27-21-7-5-4-6-18(17)21/h4-11,19,31H,3,12-14H2,1-2H3,(H,28,29)/t19?,25-/m0/s1. The van der Waals surface area contributed by atoms with Crippen LogP contribution >= 0.6 is 15.9 Å². The first kappa shape index (κ1) is 23.2. The smallest absolute Gasteiger partial charge is 0.313 e. The zero-order valence-corrected chi connectivity index (χ0v) is 20.0. The van der Waals surface area contributed by atoms with Crippen molar-refractivity contribution in [2.45, 2.75) is 33.3 Å². The third-order valence-electron chi connectivity index (χ3n) is 6.01. The van der Waals surface area contributed by atoms with E-state index in [9.17, 15) is 9.59 Å². The van der Waals surface area contributed by atoms with Crippen molar-refractivity contribution in [2.75, 3.05) is 6.61 Å². The minimum atomic E-state index is -0.960. The SMILES string of the molecule is CCOC(=O)[C@@]1(Cc2ccc(OCc3cc(C)nc4ccccc34)c(Br)c2)CC1C(=O)NO. The molecule has 1 saturated carbocycles. The third kappa shape index (κ3) is 4.72. The third-order valence-corrected chi connectivity index (χ3v) is 6.63. The lowest BCUT2D eigenvalue weighted by Gasteiger charge is -2.17. The summed E-state index contributed by atoms with van der Waals surface area (Å²) in [4.78, 5) is 29.1. The second kappa shape index (κ2) is 9.49. The maximum absolute atomic E-state index is 12.6. The van der Waals surface area contributed by atoms with E-state index in [1.165, 1.54) is 0 Å². The number of halogens is 1. The van der Waals surface area contributed by atoms with Crippen LogP contribution in [0.25, 0.3) is 10.9 Å². The van der Waals surface area contributed by atoms with Gasteiger partial charge in [-0.25, -0.2) is 5.48 Å². The molecule has 4 rings (SSSR count). The van der Waals surface area contributed by atoms with Gasteiger partial charge in [0, 0.05) is 16.6 Å². The number of ether oxygens (including phenoxy) is 2. The Kier molecular flexibility index (Phi) is 6.67. The summed E-state index contributed by atoms with van der Waals surface area (Å²) in [5, 5.41) is 10.0. The summed E-state index contributed by atoms with van der Waals surface area (Å²) < 4.78 is 12.0. The van der Waals surface area contributed by atoms with Gasteiger partial charge in [-0.15, -0.1) is 0 Å². The van der Waals surface area contributed by atoms with E-state index in [4.69, 9.17) is 14.7 Å². The summed E-state index contributed by atoms with van der Waals surface area (Å²) in [5.74, 6) is -0.931. The number of amides is 1. The molecule has 33 heavy (non-hydrogen) atoms. The zero-order chi connectivity index (χ0) is 23.6. The number of nitrogens with one attached hydrogen (secondary N) is 1. The van der Waals surface area contributed by atoms with E-state index < -0.39 is 23.2 Å². The van der Waals surface area contributed by atoms with Crippen molar-refractivity contribution in [1.82, 2.24) is 10.5 Å². The molecule has 2 atom stereocenters. The molecule has 2 aromatic carbocycles. The highest BCUT2D eigenvalue weighted by atomic mass is 79.9. The van der Waals surface area contributed by atoms with Gasteiger partial charge in [0.05, 0.1) is 27.9 Å². The normalized spacial score (nSPS) is 19.2. The number of hydroxylamine groups is 1. The molecule has 1 aliphatic carbocycles. The Morgan fingerprint density at radius 1 is 1.24 bits per heavy atom. The fourth-order valence-corrected chi connectivity index (χ4v) is 4.84. The molecule has 2 N–H and O–H groups in total. The summed E-state index contributed by atoms with van der Waals surface area (Å²) in [6.45, 7) is 4.30. The van der Waals surface area contributed by atoms with E-state index in [0.29, 0.717) is 25.2 Å². The number of esters is 1. The maximum Gasteiger partial charge on any atom is 0.313 e. The predicted octanol–water partition coefficient (Wildman–Crippen LogP) is 4.50. The van der Waals surface area contributed by atoms with Crippen LogP contribution in [0.5, 0.6) is 5.75 Å². The number of carbonyl (C=O) groups is 2. The average molecular weight is 513 g/mol. The molecule has 8 heteroatoms. The average Bonchev–Trinajstić information content (AvgIpc) is 3.53. The Balaban J connectivity index is 1.51. The predicted molar refractivity (Wildman–Crippen MR) is 126 cm³/mol. The second-order valence-corrected chi connectivity index (χ2v) is 9.13. The van der Waals surface area contributed by atoms with Gasteiger partial charge in [0.15, 0.2) is 0 Å². The first-order valence-corrected chi connectivity index (χ1v) is 11.5. The van der Waals surface area contributed by atoms with Crippen molar-refractivity contribution in [1.29, 1.82) is 0 Å². The lowest BCUT2D eigenvalue weighted by atomic mass is 9.93. The number of rotatable bonds is 8. The highest BCUT2D eigenvalue weighted by Gasteiger charge is 2.64. The van der Waals surface area contributed by atoms with Crippen molar-refractivity contribution in [2.24, 2.45) is 11.3 Å². The van der Waals surface area contributed by atoms with Crippen LogP contribution in [0.1, 0.15) is 30.2 Å². The molecule has 1 aliphatic rings. The first-order chi connectivity index (χ1) is 15.9. The monoisotopic (exact) mass is 512 g/mol. The van der Waals surface area contributed by atoms with Gasteiger partial charge in [-0.3, -0.25) is 19.8 Å². The van der Waals surface area contributed by atoms with Gasteiger partial charge in [-0.1, -0.05) is 24.3 Å². The van der Waals surface area contributed by atoms with Crippen LogP contribution in [0, 0.1) is 18.3 Å². The number of para-hydroxylation sites is 1. The van der Waals surface area contributed by atoms with E-state index in [1.807, 2.05) is 55.5 Å². The summed E-state index contributed by atoms with van der Waals surface area (Å²) in [6.07, 6.45) is 0.666. The summed E-state index contributed by atoms with van der Waals surface area (Å²) in [5.41, 5.74) is 4.46. The van der Waals surface area contributed by atoms with Gasteiger partial charge >= 0.3 is 5.97 Å². The Hall–Kier alpha value is -2.97. The van der Waals surface area contributed by atoms with Gasteiger partial charge in [0.25, 0.3) is 0 Å². The van der Waals surface area contributed by atoms with Crippen LogP contribution in [-0.2, 0) is 27.4 Å². The molecule has 0 spiro atoms. The van der Waals surface area contributed by atoms with Crippen LogP contribution < -0.4 is 10.2 Å². The van der Waals surface area contributed by atoms with Crippen LogP contribution in [0.4, 0.5) is 0 Å². The number of fused-ring (bicyclic) bond motifs is 1. The molecule has 7 nitrogen and oxygen atoms in total. The molecule has 1 heterocycles. The largest absolute Gasteiger partial charge is 0.488 e. The highest BCUT2D eigenvalue weighted by molar-refractivity contribution is 9.10. The molecule has 1 amide bonds.